The van der Waals surface area contributed by atoms with Gasteiger partial charge in [-0.05, 0) is 12.5 Å². The molecule has 27 heavy (non-hydrogen) atoms. The second-order valence-electron chi connectivity index (χ2n) is 5.73. The zero-order valence-corrected chi connectivity index (χ0v) is 15.2. The standard InChI is InChI=1S/C17H17F2N5O2S/c1-2-10(7-25)21-15-14-16(22-12(26)6-20-14)24-17(23-15)27-8-9-4-3-5-11(18)13(9)19/h3-6,10,25H,2,7-8H2,1H3,(H2,21,22,23,24,26)/t10-/m0/s1. The Morgan fingerprint density at radius 1 is 1.33 bits per heavy atom. The van der Waals surface area contributed by atoms with Crippen LogP contribution in [0.5, 0.6) is 0 Å². The number of nitrogens with zero attached hydrogens (tertiary/aromatic N) is 3. The van der Waals surface area contributed by atoms with Gasteiger partial charge in [0, 0.05) is 11.3 Å². The van der Waals surface area contributed by atoms with Gasteiger partial charge in [0.1, 0.15) is 5.52 Å². The van der Waals surface area contributed by atoms with E-state index in [2.05, 4.69) is 25.3 Å². The molecule has 0 aliphatic heterocycles. The maximum Gasteiger partial charge on any atom is 0.268 e. The Bertz CT molecular complexity index is 1010. The molecule has 7 nitrogen and oxygen atoms in total. The number of aliphatic hydroxyl groups is 1. The number of fused-ring (bicyclic) bond motifs is 1. The van der Waals surface area contributed by atoms with Crippen LogP contribution in [0.3, 0.4) is 0 Å². The Labute approximate surface area is 157 Å². The minimum absolute atomic E-state index is 0.107. The number of anilines is 1. The van der Waals surface area contributed by atoms with Crippen molar-refractivity contribution in [1.29, 1.82) is 0 Å². The third-order valence-electron chi connectivity index (χ3n) is 3.86. The molecule has 0 aliphatic carbocycles. The molecule has 2 aromatic heterocycles. The van der Waals surface area contributed by atoms with Gasteiger partial charge in [-0.2, -0.15) is 0 Å². The van der Waals surface area contributed by atoms with Crippen LogP contribution in [0.25, 0.3) is 11.2 Å². The fraction of sp³-hybridized carbons (Fsp3) is 0.294. The predicted octanol–water partition coefficient (Wildman–Crippen LogP) is 2.47. The van der Waals surface area contributed by atoms with Crippen molar-refractivity contribution in [3.05, 3.63) is 51.9 Å². The van der Waals surface area contributed by atoms with Crippen molar-refractivity contribution in [3.63, 3.8) is 0 Å². The fourth-order valence-electron chi connectivity index (χ4n) is 2.35. The zero-order valence-electron chi connectivity index (χ0n) is 14.4. The third-order valence-corrected chi connectivity index (χ3v) is 4.75. The minimum Gasteiger partial charge on any atom is -0.394 e. The SMILES string of the molecule is CC[C@@H](CO)Nc1nc(SCc2cccc(F)c2F)nc2[nH]c(=O)cnc12. The molecule has 0 amide bonds. The lowest BCUT2D eigenvalue weighted by Gasteiger charge is -2.16. The maximum atomic E-state index is 13.8. The van der Waals surface area contributed by atoms with Crippen LogP contribution in [0.4, 0.5) is 14.6 Å². The van der Waals surface area contributed by atoms with Crippen LogP contribution in [0.2, 0.25) is 0 Å². The Balaban J connectivity index is 1.95. The molecular formula is C17H17F2N5O2S. The number of rotatable bonds is 7. The lowest BCUT2D eigenvalue weighted by Crippen LogP contribution is -2.24. The van der Waals surface area contributed by atoms with E-state index in [9.17, 15) is 18.7 Å². The highest BCUT2D eigenvalue weighted by atomic mass is 32.2. The average Bonchev–Trinajstić information content (AvgIpc) is 2.66. The zero-order chi connectivity index (χ0) is 19.4. The Hall–Kier alpha value is -2.59. The van der Waals surface area contributed by atoms with Crippen molar-refractivity contribution in [2.75, 3.05) is 11.9 Å². The summed E-state index contributed by atoms with van der Waals surface area (Å²) < 4.78 is 27.2. The van der Waals surface area contributed by atoms with Crippen molar-refractivity contribution in [3.8, 4) is 0 Å². The highest BCUT2D eigenvalue weighted by Crippen LogP contribution is 2.26. The molecule has 1 atom stereocenters. The molecule has 1 aromatic carbocycles. The van der Waals surface area contributed by atoms with E-state index in [0.29, 0.717) is 17.8 Å². The molecule has 0 spiro atoms. The van der Waals surface area contributed by atoms with Crippen LogP contribution in [0.15, 0.2) is 34.3 Å². The van der Waals surface area contributed by atoms with Gasteiger partial charge in [0.25, 0.3) is 5.56 Å². The normalized spacial score (nSPS) is 12.3. The number of nitrogens with one attached hydrogen (secondary N) is 2. The number of halogens is 2. The molecule has 0 unspecified atom stereocenters. The van der Waals surface area contributed by atoms with Gasteiger partial charge in [-0.1, -0.05) is 30.8 Å². The number of aliphatic hydroxyl groups excluding tert-OH is 1. The summed E-state index contributed by atoms with van der Waals surface area (Å²) in [6.45, 7) is 1.79. The van der Waals surface area contributed by atoms with Crippen molar-refractivity contribution in [1.82, 2.24) is 19.9 Å². The quantitative estimate of drug-likeness (QED) is 0.418. The van der Waals surface area contributed by atoms with Gasteiger partial charge in [0.15, 0.2) is 28.3 Å². The second kappa shape index (κ2) is 8.40. The number of H-pyrrole nitrogens is 1. The van der Waals surface area contributed by atoms with Crippen molar-refractivity contribution in [2.24, 2.45) is 0 Å². The van der Waals surface area contributed by atoms with E-state index in [0.717, 1.165) is 24.0 Å². The van der Waals surface area contributed by atoms with Gasteiger partial charge in [0.2, 0.25) is 0 Å². The molecule has 0 saturated carbocycles. The number of thioether (sulfide) groups is 1. The number of hydrogen-bond donors (Lipinski definition) is 3. The van der Waals surface area contributed by atoms with E-state index in [4.69, 9.17) is 0 Å². The maximum absolute atomic E-state index is 13.8. The van der Waals surface area contributed by atoms with Crippen LogP contribution in [-0.2, 0) is 5.75 Å². The summed E-state index contributed by atoms with van der Waals surface area (Å²) in [4.78, 5) is 26.8. The lowest BCUT2D eigenvalue weighted by molar-refractivity contribution is 0.271. The van der Waals surface area contributed by atoms with Gasteiger partial charge in [-0.25, -0.2) is 23.7 Å². The van der Waals surface area contributed by atoms with Crippen LogP contribution < -0.4 is 10.9 Å². The van der Waals surface area contributed by atoms with Gasteiger partial charge in [0.05, 0.1) is 18.8 Å². The van der Waals surface area contributed by atoms with Crippen LogP contribution in [0, 0.1) is 11.6 Å². The first-order valence-corrected chi connectivity index (χ1v) is 9.20. The Morgan fingerprint density at radius 3 is 2.89 bits per heavy atom. The van der Waals surface area contributed by atoms with E-state index in [1.807, 2.05) is 6.92 Å². The van der Waals surface area contributed by atoms with E-state index >= 15 is 0 Å². The van der Waals surface area contributed by atoms with Crippen LogP contribution >= 0.6 is 11.8 Å². The largest absolute Gasteiger partial charge is 0.394 e. The first kappa shape index (κ1) is 19.2. The molecule has 0 aliphatic rings. The van der Waals surface area contributed by atoms with Crippen molar-refractivity contribution < 1.29 is 13.9 Å². The number of aromatic nitrogens is 4. The first-order valence-electron chi connectivity index (χ1n) is 8.22. The molecule has 0 radical (unpaired) electrons. The Morgan fingerprint density at radius 2 is 2.15 bits per heavy atom. The number of aromatic amines is 1. The monoisotopic (exact) mass is 393 g/mol. The highest BCUT2D eigenvalue weighted by molar-refractivity contribution is 7.98. The Kier molecular flexibility index (Phi) is 5.97. The average molecular weight is 393 g/mol. The lowest BCUT2D eigenvalue weighted by atomic mass is 10.2. The molecule has 0 bridgehead atoms. The predicted molar refractivity (Wildman–Crippen MR) is 98.7 cm³/mol. The summed E-state index contributed by atoms with van der Waals surface area (Å²) in [6, 6.07) is 3.70. The third kappa shape index (κ3) is 4.40. The van der Waals surface area contributed by atoms with E-state index in [-0.39, 0.29) is 34.8 Å². The molecule has 2 heterocycles. The second-order valence-corrected chi connectivity index (χ2v) is 6.68. The summed E-state index contributed by atoms with van der Waals surface area (Å²) in [7, 11) is 0. The minimum atomic E-state index is -0.919. The molecule has 3 aromatic rings. The molecule has 3 N–H and O–H groups in total. The van der Waals surface area contributed by atoms with Gasteiger partial charge in [-0.3, -0.25) is 4.79 Å². The summed E-state index contributed by atoms with van der Waals surface area (Å²) in [6.07, 6.45) is 1.76. The van der Waals surface area contributed by atoms with Crippen LogP contribution in [-0.4, -0.2) is 37.7 Å². The van der Waals surface area contributed by atoms with E-state index < -0.39 is 17.2 Å². The molecule has 0 fully saturated rings. The summed E-state index contributed by atoms with van der Waals surface area (Å²) >= 11 is 1.09. The van der Waals surface area contributed by atoms with E-state index in [1.54, 1.807) is 0 Å². The molecular weight excluding hydrogens is 376 g/mol. The first-order chi connectivity index (χ1) is 13.0. The molecule has 3 rings (SSSR count). The van der Waals surface area contributed by atoms with Gasteiger partial charge < -0.3 is 15.4 Å². The topological polar surface area (TPSA) is 104 Å². The van der Waals surface area contributed by atoms with Crippen LogP contribution in [0.1, 0.15) is 18.9 Å². The molecule has 142 valence electrons. The molecule has 0 saturated heterocycles. The fourth-order valence-corrected chi connectivity index (χ4v) is 3.17. The van der Waals surface area contributed by atoms with Gasteiger partial charge in [-0.15, -0.1) is 0 Å². The summed E-state index contributed by atoms with van der Waals surface area (Å²) in [5.74, 6) is -1.38. The van der Waals surface area contributed by atoms with Crippen molar-refractivity contribution >= 4 is 28.7 Å². The highest BCUT2D eigenvalue weighted by Gasteiger charge is 2.15. The number of hydrogen-bond acceptors (Lipinski definition) is 7. The smallest absolute Gasteiger partial charge is 0.268 e. The van der Waals surface area contributed by atoms with Gasteiger partial charge >= 0.3 is 0 Å². The van der Waals surface area contributed by atoms with Crippen molar-refractivity contribution in [2.45, 2.75) is 30.3 Å². The number of benzene rings is 1. The summed E-state index contributed by atoms with van der Waals surface area (Å²) in [5.41, 5.74) is 0.325. The molecule has 10 heteroatoms. The van der Waals surface area contributed by atoms with E-state index in [1.165, 1.54) is 12.1 Å². The summed E-state index contributed by atoms with van der Waals surface area (Å²) in [5, 5.41) is 12.7.